The van der Waals surface area contributed by atoms with Crippen LogP contribution in [-0.4, -0.2) is 72.1 Å². The van der Waals surface area contributed by atoms with Crippen LogP contribution >= 0.6 is 0 Å². The second-order valence-electron chi connectivity index (χ2n) is 11.7. The second kappa shape index (κ2) is 11.2. The third kappa shape index (κ3) is 6.16. The number of hydrogen-bond donors (Lipinski definition) is 2. The van der Waals surface area contributed by atoms with E-state index < -0.39 is 24.4 Å². The molecule has 2 aliphatic carbocycles. The van der Waals surface area contributed by atoms with E-state index in [1.807, 2.05) is 4.90 Å². The van der Waals surface area contributed by atoms with Gasteiger partial charge < -0.3 is 9.64 Å². The fourth-order valence-corrected chi connectivity index (χ4v) is 7.25. The minimum absolute atomic E-state index is 0.00746. The number of nitrogens with zero attached hydrogens (tertiary/aromatic N) is 2. The molecule has 9 heteroatoms. The van der Waals surface area contributed by atoms with Crippen LogP contribution in [0.5, 0.6) is 0 Å². The lowest BCUT2D eigenvalue weighted by Gasteiger charge is -2.44. The lowest BCUT2D eigenvalue weighted by Crippen LogP contribution is -2.66. The third-order valence-electron chi connectivity index (χ3n) is 9.13. The van der Waals surface area contributed by atoms with Gasteiger partial charge >= 0.3 is 6.18 Å². The largest absolute Gasteiger partial charge is 0.405 e. The average molecular weight is 501 g/mol. The van der Waals surface area contributed by atoms with Crippen molar-refractivity contribution in [3.63, 3.8) is 0 Å². The smallest absolute Gasteiger partial charge is 0.377 e. The van der Waals surface area contributed by atoms with Gasteiger partial charge in [0.15, 0.2) is 0 Å². The Kier molecular flexibility index (Phi) is 8.26. The predicted octanol–water partition coefficient (Wildman–Crippen LogP) is 4.35. The minimum Gasteiger partial charge on any atom is -0.377 e. The molecule has 0 aromatic rings. The molecule has 0 spiro atoms. The van der Waals surface area contributed by atoms with Crippen molar-refractivity contribution in [1.29, 1.82) is 0 Å². The van der Waals surface area contributed by atoms with Crippen molar-refractivity contribution in [2.75, 3.05) is 19.7 Å². The molecule has 0 aromatic heterocycles. The molecule has 1 amide bonds. The van der Waals surface area contributed by atoms with E-state index in [1.54, 1.807) is 0 Å². The molecule has 0 radical (unpaired) electrons. The van der Waals surface area contributed by atoms with Crippen LogP contribution in [0.3, 0.4) is 0 Å². The number of carbonyl (C=O) groups is 1. The number of halogens is 3. The number of carbonyl (C=O) groups excluding carboxylic acids is 1. The topological polar surface area (TPSA) is 56.8 Å². The second-order valence-corrected chi connectivity index (χ2v) is 11.7. The molecule has 200 valence electrons. The van der Waals surface area contributed by atoms with Gasteiger partial charge in [-0.2, -0.15) is 13.2 Å². The molecular formula is C26H43F3N4O2. The molecule has 5 fully saturated rings. The Balaban J connectivity index is 1.29. The number of ether oxygens (including phenoxy) is 1. The fourth-order valence-electron chi connectivity index (χ4n) is 7.25. The van der Waals surface area contributed by atoms with Gasteiger partial charge in [-0.3, -0.25) is 10.1 Å². The zero-order chi connectivity index (χ0) is 24.4. The summed E-state index contributed by atoms with van der Waals surface area (Å²) in [6, 6.07) is -2.54. The Morgan fingerprint density at radius 2 is 1.51 bits per heavy atom. The Hall–Kier alpha value is -0.900. The molecular weight excluding hydrogens is 457 g/mol. The van der Waals surface area contributed by atoms with Crippen molar-refractivity contribution in [3.8, 4) is 0 Å². The molecule has 0 bridgehead atoms. The molecule has 5 atom stereocenters. The van der Waals surface area contributed by atoms with Gasteiger partial charge in [-0.1, -0.05) is 38.5 Å². The van der Waals surface area contributed by atoms with Crippen molar-refractivity contribution in [2.24, 2.45) is 11.8 Å². The molecule has 5 rings (SSSR count). The summed E-state index contributed by atoms with van der Waals surface area (Å²) in [6.45, 7) is 2.13. The number of rotatable bonds is 6. The highest BCUT2D eigenvalue weighted by Gasteiger charge is 2.55. The van der Waals surface area contributed by atoms with Gasteiger partial charge in [0.25, 0.3) is 0 Å². The van der Waals surface area contributed by atoms with Crippen LogP contribution in [0.25, 0.3) is 0 Å². The van der Waals surface area contributed by atoms with Crippen LogP contribution < -0.4 is 10.7 Å². The van der Waals surface area contributed by atoms with E-state index >= 15 is 0 Å². The molecule has 5 unspecified atom stereocenters. The first kappa shape index (κ1) is 25.7. The molecule has 2 saturated carbocycles. The van der Waals surface area contributed by atoms with E-state index in [4.69, 9.17) is 4.74 Å². The highest BCUT2D eigenvalue weighted by Crippen LogP contribution is 2.37. The molecule has 6 nitrogen and oxygen atoms in total. The van der Waals surface area contributed by atoms with Gasteiger partial charge in [-0.05, 0) is 56.8 Å². The number of nitrogens with one attached hydrogen (secondary N) is 2. The molecule has 2 N–H and O–H groups in total. The van der Waals surface area contributed by atoms with Gasteiger partial charge in [0, 0.05) is 32.2 Å². The first-order valence-corrected chi connectivity index (χ1v) is 14.2. The first-order valence-electron chi connectivity index (χ1n) is 14.2. The first-order chi connectivity index (χ1) is 16.9. The van der Waals surface area contributed by atoms with E-state index in [9.17, 15) is 18.0 Å². The van der Waals surface area contributed by atoms with Gasteiger partial charge in [0.2, 0.25) is 5.91 Å². The maximum Gasteiger partial charge on any atom is 0.405 e. The Morgan fingerprint density at radius 3 is 2.06 bits per heavy atom. The number of hydrogen-bond acceptors (Lipinski definition) is 5. The van der Waals surface area contributed by atoms with Crippen molar-refractivity contribution in [2.45, 2.75) is 126 Å². The van der Waals surface area contributed by atoms with E-state index in [2.05, 4.69) is 10.7 Å². The molecule has 0 aromatic carbocycles. The summed E-state index contributed by atoms with van der Waals surface area (Å²) in [4.78, 5) is 15.9. The van der Waals surface area contributed by atoms with Crippen LogP contribution in [0, 0.1) is 11.8 Å². The van der Waals surface area contributed by atoms with Crippen LogP contribution in [0.2, 0.25) is 0 Å². The van der Waals surface area contributed by atoms with E-state index in [0.717, 1.165) is 51.6 Å². The predicted molar refractivity (Wildman–Crippen MR) is 127 cm³/mol. The number of fused-ring (bicyclic) bond motifs is 1. The van der Waals surface area contributed by atoms with Crippen LogP contribution in [0.1, 0.15) is 89.9 Å². The van der Waals surface area contributed by atoms with Gasteiger partial charge in [0.05, 0.1) is 12.3 Å². The standard InChI is InChI=1S/C26H43F3N4O2/c27-26(28,29)23-14-20(22-12-7-13-35-22)30-24-15-21(31-33(23)24)25(34)32(16-18-8-3-1-4-9-18)17-19-10-5-2-6-11-19/h18-24,30-31H,1-17H2. The van der Waals surface area contributed by atoms with Crippen LogP contribution in [0.4, 0.5) is 13.2 Å². The third-order valence-corrected chi connectivity index (χ3v) is 9.13. The Morgan fingerprint density at radius 1 is 0.886 bits per heavy atom. The highest BCUT2D eigenvalue weighted by molar-refractivity contribution is 5.82. The zero-order valence-electron chi connectivity index (χ0n) is 20.9. The van der Waals surface area contributed by atoms with Crippen molar-refractivity contribution in [3.05, 3.63) is 0 Å². The lowest BCUT2D eigenvalue weighted by atomic mass is 9.86. The minimum atomic E-state index is -4.36. The van der Waals surface area contributed by atoms with Crippen LogP contribution in [-0.2, 0) is 9.53 Å². The SMILES string of the molecule is O=C(C1CC2NC(C3CCCO3)CC(C(F)(F)F)N2N1)N(CC1CCCCC1)CC1CCCCC1. The summed E-state index contributed by atoms with van der Waals surface area (Å²) in [5.41, 5.74) is 3.03. The van der Waals surface area contributed by atoms with Crippen molar-refractivity contribution in [1.82, 2.24) is 20.7 Å². The maximum absolute atomic E-state index is 14.1. The van der Waals surface area contributed by atoms with Gasteiger partial charge in [0.1, 0.15) is 12.1 Å². The molecule has 3 saturated heterocycles. The molecule has 3 aliphatic heterocycles. The number of alkyl halides is 3. The van der Waals surface area contributed by atoms with E-state index in [-0.39, 0.29) is 24.5 Å². The summed E-state index contributed by atoms with van der Waals surface area (Å²) in [5, 5.41) is 4.71. The Bertz CT molecular complexity index is 685. The maximum atomic E-state index is 14.1. The molecule has 35 heavy (non-hydrogen) atoms. The van der Waals surface area contributed by atoms with E-state index in [0.29, 0.717) is 24.9 Å². The van der Waals surface area contributed by atoms with Crippen molar-refractivity contribution >= 4 is 5.91 Å². The van der Waals surface area contributed by atoms with Gasteiger partial charge in [-0.15, -0.1) is 0 Å². The van der Waals surface area contributed by atoms with Gasteiger partial charge in [-0.25, -0.2) is 10.4 Å². The normalized spacial score (nSPS) is 35.8. The average Bonchev–Trinajstić information content (AvgIpc) is 3.53. The summed E-state index contributed by atoms with van der Waals surface area (Å²) >= 11 is 0. The molecule has 5 aliphatic rings. The summed E-state index contributed by atoms with van der Waals surface area (Å²) in [5.74, 6) is 1.03. The Labute approximate surface area is 207 Å². The summed E-state index contributed by atoms with van der Waals surface area (Å²) in [7, 11) is 0. The highest BCUT2D eigenvalue weighted by atomic mass is 19.4. The molecule has 3 heterocycles. The van der Waals surface area contributed by atoms with Crippen LogP contribution in [0.15, 0.2) is 0 Å². The summed E-state index contributed by atoms with van der Waals surface area (Å²) < 4.78 is 48.0. The van der Waals surface area contributed by atoms with E-state index in [1.165, 1.54) is 43.5 Å². The monoisotopic (exact) mass is 500 g/mol. The number of hydrazine groups is 1. The summed E-state index contributed by atoms with van der Waals surface area (Å²) in [6.07, 6.45) is 8.99. The lowest BCUT2D eigenvalue weighted by molar-refractivity contribution is -0.211. The zero-order valence-corrected chi connectivity index (χ0v) is 20.9. The fraction of sp³-hybridized carbons (Fsp3) is 0.962. The van der Waals surface area contributed by atoms with Crippen molar-refractivity contribution < 1.29 is 22.7 Å². The quantitative estimate of drug-likeness (QED) is 0.568. The number of amides is 1.